The van der Waals surface area contributed by atoms with Crippen LogP contribution in [-0.4, -0.2) is 0 Å². The quantitative estimate of drug-likeness (QED) is 0.492. The lowest BCUT2D eigenvalue weighted by atomic mass is 9.72. The van der Waals surface area contributed by atoms with Crippen molar-refractivity contribution in [2.75, 3.05) is 0 Å². The minimum absolute atomic E-state index is 0.203. The molecule has 1 aliphatic rings. The first-order valence-electron chi connectivity index (χ1n) is 9.51. The molecule has 0 fully saturated rings. The van der Waals surface area contributed by atoms with Crippen LogP contribution in [-0.2, 0) is 5.41 Å². The van der Waals surface area contributed by atoms with Crippen molar-refractivity contribution in [3.63, 3.8) is 0 Å². The third kappa shape index (κ3) is 5.21. The molecule has 1 aromatic rings. The van der Waals surface area contributed by atoms with Crippen molar-refractivity contribution in [3.05, 3.63) is 64.3 Å². The molecule has 0 radical (unpaired) electrons. The van der Waals surface area contributed by atoms with Gasteiger partial charge in [-0.05, 0) is 45.4 Å². The van der Waals surface area contributed by atoms with Gasteiger partial charge in [-0.2, -0.15) is 0 Å². The molecule has 0 amide bonds. The van der Waals surface area contributed by atoms with Crippen LogP contribution in [0.5, 0.6) is 0 Å². The van der Waals surface area contributed by atoms with Gasteiger partial charge in [-0.25, -0.2) is 0 Å². The average Bonchev–Trinajstić information content (AvgIpc) is 2.44. The van der Waals surface area contributed by atoms with E-state index in [0.29, 0.717) is 0 Å². The molecule has 0 saturated heterocycles. The Morgan fingerprint density at radius 1 is 0.640 bits per heavy atom. The lowest BCUT2D eigenvalue weighted by Crippen LogP contribution is -2.18. The molecule has 2 rings (SSSR count). The van der Waals surface area contributed by atoms with E-state index in [1.807, 2.05) is 0 Å². The van der Waals surface area contributed by atoms with Crippen LogP contribution >= 0.6 is 0 Å². The van der Waals surface area contributed by atoms with Crippen molar-refractivity contribution in [1.82, 2.24) is 0 Å². The molecule has 0 nitrogen and oxygen atoms in total. The largest absolute Gasteiger partial charge is 0.0602 e. The summed E-state index contributed by atoms with van der Waals surface area (Å²) in [5, 5.41) is 0. The maximum atomic E-state index is 2.40. The van der Waals surface area contributed by atoms with Gasteiger partial charge in [-0.1, -0.05) is 110 Å². The van der Waals surface area contributed by atoms with Gasteiger partial charge >= 0.3 is 0 Å². The average molecular weight is 337 g/mol. The van der Waals surface area contributed by atoms with E-state index in [1.165, 1.54) is 27.8 Å². The molecule has 0 N–H and O–H groups in total. The summed E-state index contributed by atoms with van der Waals surface area (Å²) in [6, 6.07) is 9.02. The smallest absolute Gasteiger partial charge is 0.00913 e. The number of hydrogen-bond donors (Lipinski definition) is 0. The summed E-state index contributed by atoms with van der Waals surface area (Å²) in [6.45, 7) is 20.7. The number of hydrogen-bond acceptors (Lipinski definition) is 0. The van der Waals surface area contributed by atoms with E-state index in [4.69, 9.17) is 0 Å². The van der Waals surface area contributed by atoms with Crippen molar-refractivity contribution in [2.24, 2.45) is 10.8 Å². The van der Waals surface area contributed by atoms with Gasteiger partial charge in [0.05, 0.1) is 0 Å². The Hall–Kier alpha value is -1.56. The second-order valence-corrected chi connectivity index (χ2v) is 10.5. The van der Waals surface area contributed by atoms with Gasteiger partial charge in [0, 0.05) is 0 Å². The highest BCUT2D eigenvalue weighted by molar-refractivity contribution is 5.63. The van der Waals surface area contributed by atoms with E-state index in [9.17, 15) is 0 Å². The predicted octanol–water partition coefficient (Wildman–Crippen LogP) is 7.72. The molecule has 0 aromatic heterocycles. The minimum Gasteiger partial charge on any atom is -0.0602 e. The molecule has 0 heteroatoms. The van der Waals surface area contributed by atoms with Gasteiger partial charge in [-0.15, -0.1) is 0 Å². The Bertz CT molecular complexity index is 667. The third-order valence-corrected chi connectivity index (χ3v) is 5.10. The SMILES string of the molecule is CC(C)(C)C1=CC(=Cc2ccc(C(C)(C)C)cc2)C=C(C(C)(C)C)C1. The van der Waals surface area contributed by atoms with Gasteiger partial charge in [0.2, 0.25) is 0 Å². The number of rotatable bonds is 1. The fourth-order valence-corrected chi connectivity index (χ4v) is 3.07. The molecule has 0 bridgehead atoms. The Labute approximate surface area is 155 Å². The lowest BCUT2D eigenvalue weighted by Gasteiger charge is -2.33. The highest BCUT2D eigenvalue weighted by atomic mass is 14.3. The zero-order valence-corrected chi connectivity index (χ0v) is 17.7. The van der Waals surface area contributed by atoms with Gasteiger partial charge in [0.15, 0.2) is 0 Å². The molecule has 1 aliphatic carbocycles. The maximum absolute atomic E-state index is 2.40. The fourth-order valence-electron chi connectivity index (χ4n) is 3.07. The molecule has 0 atom stereocenters. The lowest BCUT2D eigenvalue weighted by molar-refractivity contribution is 0.447. The van der Waals surface area contributed by atoms with Crippen LogP contribution in [0.3, 0.4) is 0 Å². The summed E-state index contributed by atoms with van der Waals surface area (Å²) in [7, 11) is 0. The van der Waals surface area contributed by atoms with Crippen LogP contribution in [0.1, 0.15) is 79.9 Å². The molecule has 0 spiro atoms. The zero-order valence-electron chi connectivity index (χ0n) is 17.7. The predicted molar refractivity (Wildman–Crippen MR) is 113 cm³/mol. The molecule has 1 aromatic carbocycles. The van der Waals surface area contributed by atoms with E-state index in [-0.39, 0.29) is 16.2 Å². The molecule has 0 unspecified atom stereocenters. The van der Waals surface area contributed by atoms with E-state index in [2.05, 4.69) is 105 Å². The van der Waals surface area contributed by atoms with Crippen molar-refractivity contribution in [3.8, 4) is 0 Å². The molecular formula is C25H36. The van der Waals surface area contributed by atoms with Crippen LogP contribution in [0.4, 0.5) is 0 Å². The molecule has 25 heavy (non-hydrogen) atoms. The molecule has 0 saturated carbocycles. The van der Waals surface area contributed by atoms with Gasteiger partial charge in [0.1, 0.15) is 0 Å². The van der Waals surface area contributed by atoms with Gasteiger partial charge in [-0.3, -0.25) is 0 Å². The first-order chi connectivity index (χ1) is 11.3. The summed E-state index contributed by atoms with van der Waals surface area (Å²) < 4.78 is 0. The van der Waals surface area contributed by atoms with Gasteiger partial charge in [0.25, 0.3) is 0 Å². The number of benzene rings is 1. The van der Waals surface area contributed by atoms with E-state index in [0.717, 1.165) is 6.42 Å². The molecular weight excluding hydrogens is 300 g/mol. The Morgan fingerprint density at radius 3 is 1.44 bits per heavy atom. The van der Waals surface area contributed by atoms with Crippen LogP contribution in [0.2, 0.25) is 0 Å². The monoisotopic (exact) mass is 336 g/mol. The minimum atomic E-state index is 0.203. The van der Waals surface area contributed by atoms with Crippen LogP contribution in [0.15, 0.2) is 53.1 Å². The third-order valence-electron chi connectivity index (χ3n) is 5.10. The van der Waals surface area contributed by atoms with Crippen molar-refractivity contribution < 1.29 is 0 Å². The summed E-state index contributed by atoms with van der Waals surface area (Å²) >= 11 is 0. The van der Waals surface area contributed by atoms with Crippen LogP contribution in [0, 0.1) is 10.8 Å². The first kappa shape index (κ1) is 19.8. The second kappa shape index (κ2) is 6.63. The highest BCUT2D eigenvalue weighted by Gasteiger charge is 2.26. The normalized spacial score (nSPS) is 16.4. The standard InChI is InChI=1S/C25H36/c1-23(2,3)20-12-10-18(11-13-20)14-19-15-21(24(4,5)6)17-22(16-19)25(7,8)9/h10-16H,17H2,1-9H3. The fraction of sp³-hybridized carbons (Fsp3) is 0.520. The maximum Gasteiger partial charge on any atom is -0.00913 e. The summed E-state index contributed by atoms with van der Waals surface area (Å²) in [5.41, 5.74) is 7.66. The summed E-state index contributed by atoms with van der Waals surface area (Å²) in [6.07, 6.45) is 8.20. The van der Waals surface area contributed by atoms with Crippen LogP contribution < -0.4 is 0 Å². The van der Waals surface area contributed by atoms with Crippen molar-refractivity contribution in [2.45, 2.75) is 74.1 Å². The Morgan fingerprint density at radius 2 is 1.08 bits per heavy atom. The van der Waals surface area contributed by atoms with Crippen molar-refractivity contribution in [1.29, 1.82) is 0 Å². The second-order valence-electron chi connectivity index (χ2n) is 10.5. The molecule has 136 valence electrons. The molecule has 0 aliphatic heterocycles. The van der Waals surface area contributed by atoms with E-state index in [1.54, 1.807) is 0 Å². The Balaban J connectivity index is 2.43. The Kier molecular flexibility index (Phi) is 5.24. The van der Waals surface area contributed by atoms with E-state index < -0.39 is 0 Å². The summed E-state index contributed by atoms with van der Waals surface area (Å²) in [5.74, 6) is 0. The number of allylic oxidation sites excluding steroid dienone is 5. The van der Waals surface area contributed by atoms with Gasteiger partial charge < -0.3 is 0 Å². The topological polar surface area (TPSA) is 0 Å². The first-order valence-corrected chi connectivity index (χ1v) is 9.51. The zero-order chi connectivity index (χ0) is 19.0. The molecule has 0 heterocycles. The van der Waals surface area contributed by atoms with Crippen LogP contribution in [0.25, 0.3) is 6.08 Å². The van der Waals surface area contributed by atoms with Crippen molar-refractivity contribution >= 4 is 6.08 Å². The van der Waals surface area contributed by atoms with E-state index >= 15 is 0 Å². The highest BCUT2D eigenvalue weighted by Crippen LogP contribution is 2.41. The summed E-state index contributed by atoms with van der Waals surface area (Å²) in [4.78, 5) is 0.